The molecule has 0 fully saturated rings. The van der Waals surface area contributed by atoms with Crippen LogP contribution in [0.2, 0.25) is 0 Å². The van der Waals surface area contributed by atoms with E-state index in [1.807, 2.05) is 0 Å². The maximum Gasteiger partial charge on any atom is 0.363 e. The van der Waals surface area contributed by atoms with E-state index in [4.69, 9.17) is 18.7 Å². The van der Waals surface area contributed by atoms with Crippen LogP contribution in [0.1, 0.15) is 19.6 Å². The summed E-state index contributed by atoms with van der Waals surface area (Å²) in [6.07, 6.45) is 3.95. The van der Waals surface area contributed by atoms with Crippen molar-refractivity contribution in [1.29, 1.82) is 0 Å². The second-order valence-corrected chi connectivity index (χ2v) is 5.19. The van der Waals surface area contributed by atoms with E-state index >= 15 is 0 Å². The molecule has 0 amide bonds. The minimum absolute atomic E-state index is 0.128. The van der Waals surface area contributed by atoms with Crippen LogP contribution in [0.4, 0.5) is 0 Å². The van der Waals surface area contributed by atoms with Crippen LogP contribution >= 0.6 is 7.60 Å². The average Bonchev–Trinajstić information content (AvgIpc) is 2.82. The zero-order chi connectivity index (χ0) is 13.4. The van der Waals surface area contributed by atoms with Crippen molar-refractivity contribution >= 4 is 19.9 Å². The molecule has 0 aliphatic carbocycles. The summed E-state index contributed by atoms with van der Waals surface area (Å²) in [5, 5.41) is 11.6. The van der Waals surface area contributed by atoms with Crippen molar-refractivity contribution in [2.45, 2.75) is 13.8 Å². The largest absolute Gasteiger partial charge is 0.465 e. The van der Waals surface area contributed by atoms with Gasteiger partial charge in [0.15, 0.2) is 0 Å². The first-order valence-corrected chi connectivity index (χ1v) is 7.02. The summed E-state index contributed by atoms with van der Waals surface area (Å²) in [7, 11) is -3.50. The molecule has 1 rings (SSSR count). The predicted octanol–water partition coefficient (Wildman–Crippen LogP) is 3.35. The summed E-state index contributed by atoms with van der Waals surface area (Å²) in [4.78, 5) is 0. The summed E-state index contributed by atoms with van der Waals surface area (Å²) in [6.45, 7) is 3.83. The molecule has 0 atom stereocenters. The van der Waals surface area contributed by atoms with E-state index in [1.165, 1.54) is 12.3 Å². The summed E-state index contributed by atoms with van der Waals surface area (Å²) < 4.78 is 27.9. The molecule has 1 N–H and O–H groups in total. The van der Waals surface area contributed by atoms with Crippen LogP contribution in [0.3, 0.4) is 0 Å². The van der Waals surface area contributed by atoms with E-state index in [1.54, 1.807) is 26.0 Å². The second kappa shape index (κ2) is 7.16. The molecule has 18 heavy (non-hydrogen) atoms. The molecule has 0 aromatic carbocycles. The van der Waals surface area contributed by atoms with Gasteiger partial charge in [-0.3, -0.25) is 4.57 Å². The van der Waals surface area contributed by atoms with Gasteiger partial charge in [0.1, 0.15) is 5.76 Å². The average molecular weight is 273 g/mol. The molecule has 0 saturated heterocycles. The molecule has 1 aromatic heterocycles. The Balaban J connectivity index is 3.12. The highest BCUT2D eigenvalue weighted by Crippen LogP contribution is 2.55. The summed E-state index contributed by atoms with van der Waals surface area (Å²) in [5.41, 5.74) is 0. The van der Waals surface area contributed by atoms with Crippen molar-refractivity contribution in [3.8, 4) is 0 Å². The maximum atomic E-state index is 12.5. The van der Waals surface area contributed by atoms with Gasteiger partial charge in [0.25, 0.3) is 0 Å². The molecule has 0 bridgehead atoms. The molecule has 0 aliphatic rings. The third-order valence-electron chi connectivity index (χ3n) is 1.94. The second-order valence-electron chi connectivity index (χ2n) is 3.16. The van der Waals surface area contributed by atoms with E-state index in [0.29, 0.717) is 5.76 Å². The number of nitrogens with zero attached hydrogens (tertiary/aromatic N) is 1. The highest BCUT2D eigenvalue weighted by molar-refractivity contribution is 7.60. The quantitative estimate of drug-likeness (QED) is 0.356. The topological polar surface area (TPSA) is 81.3 Å². The lowest BCUT2D eigenvalue weighted by Crippen LogP contribution is -2.00. The van der Waals surface area contributed by atoms with Crippen LogP contribution in [0.15, 0.2) is 33.3 Å². The van der Waals surface area contributed by atoms with Crippen LogP contribution in [-0.4, -0.2) is 24.6 Å². The first-order chi connectivity index (χ1) is 8.66. The van der Waals surface area contributed by atoms with Crippen molar-refractivity contribution in [1.82, 2.24) is 0 Å². The van der Waals surface area contributed by atoms with Gasteiger partial charge in [-0.25, -0.2) is 0 Å². The number of allylic oxidation sites excluding steroid dienone is 1. The Morgan fingerprint density at radius 3 is 2.61 bits per heavy atom. The normalized spacial score (nSPS) is 13.3. The highest BCUT2D eigenvalue weighted by Gasteiger charge is 2.29. The van der Waals surface area contributed by atoms with Crippen LogP contribution in [0.5, 0.6) is 0 Å². The van der Waals surface area contributed by atoms with Gasteiger partial charge in [-0.15, -0.1) is 0 Å². The monoisotopic (exact) mass is 273 g/mol. The Bertz CT molecular complexity index is 442. The molecule has 7 heteroatoms. The fraction of sp³-hybridized carbons (Fsp3) is 0.364. The molecule has 1 aromatic rings. The van der Waals surface area contributed by atoms with Crippen molar-refractivity contribution in [3.05, 3.63) is 29.5 Å². The molecule has 0 saturated carbocycles. The fourth-order valence-electron chi connectivity index (χ4n) is 1.29. The summed E-state index contributed by atoms with van der Waals surface area (Å²) in [5.74, 6) is 0.463. The molecule has 0 spiro atoms. The van der Waals surface area contributed by atoms with E-state index in [9.17, 15) is 4.57 Å². The van der Waals surface area contributed by atoms with Crippen LogP contribution in [-0.2, 0) is 13.6 Å². The molecular formula is C11H16NO5P. The molecule has 100 valence electrons. The predicted molar refractivity (Wildman–Crippen MR) is 67.8 cm³/mol. The van der Waals surface area contributed by atoms with E-state index in [-0.39, 0.29) is 18.5 Å². The Hall–Kier alpha value is -1.36. The van der Waals surface area contributed by atoms with Crippen molar-refractivity contribution in [2.24, 2.45) is 5.16 Å². The standard InChI is InChI=1S/C11H16NO5P/c1-3-16-18(14,17-4-2)11(9-12-13)8-10-6-5-7-15-10/h5-9,13H,3-4H2,1-2H3/b11-8+,12-9+. The number of furan rings is 1. The van der Waals surface area contributed by atoms with E-state index < -0.39 is 7.60 Å². The lowest BCUT2D eigenvalue weighted by molar-refractivity contribution is 0.227. The van der Waals surface area contributed by atoms with Crippen LogP contribution in [0.25, 0.3) is 6.08 Å². The Kier molecular flexibility index (Phi) is 5.85. The van der Waals surface area contributed by atoms with Crippen molar-refractivity contribution in [2.75, 3.05) is 13.2 Å². The van der Waals surface area contributed by atoms with Gasteiger partial charge in [0.2, 0.25) is 0 Å². The molecule has 0 unspecified atom stereocenters. The maximum absolute atomic E-state index is 12.5. The lowest BCUT2D eigenvalue weighted by Gasteiger charge is -2.16. The van der Waals surface area contributed by atoms with E-state index in [2.05, 4.69) is 5.16 Å². The zero-order valence-corrected chi connectivity index (χ0v) is 11.2. The minimum Gasteiger partial charge on any atom is -0.465 e. The van der Waals surface area contributed by atoms with Gasteiger partial charge in [0, 0.05) is 0 Å². The molecular weight excluding hydrogens is 257 g/mol. The smallest absolute Gasteiger partial charge is 0.363 e. The summed E-state index contributed by atoms with van der Waals surface area (Å²) in [6, 6.07) is 3.36. The summed E-state index contributed by atoms with van der Waals surface area (Å²) >= 11 is 0. The third kappa shape index (κ3) is 3.84. The molecule has 6 nitrogen and oxygen atoms in total. The van der Waals surface area contributed by atoms with E-state index in [0.717, 1.165) is 6.21 Å². The Morgan fingerprint density at radius 1 is 1.50 bits per heavy atom. The van der Waals surface area contributed by atoms with Gasteiger partial charge >= 0.3 is 7.60 Å². The van der Waals surface area contributed by atoms with Gasteiger partial charge in [-0.2, -0.15) is 0 Å². The number of rotatable bonds is 7. The number of oxime groups is 1. The zero-order valence-electron chi connectivity index (χ0n) is 10.3. The first kappa shape index (κ1) is 14.7. The van der Waals surface area contributed by atoms with Gasteiger partial charge in [-0.1, -0.05) is 5.16 Å². The third-order valence-corrected chi connectivity index (χ3v) is 4.01. The molecule has 0 radical (unpaired) electrons. The highest BCUT2D eigenvalue weighted by atomic mass is 31.2. The number of hydrogen-bond donors (Lipinski definition) is 1. The SMILES string of the molecule is CCOP(=O)(OCC)C(/C=N/O)=C/c1ccco1. The Labute approximate surface area is 105 Å². The van der Waals surface area contributed by atoms with Gasteiger partial charge in [-0.05, 0) is 32.1 Å². The molecule has 1 heterocycles. The van der Waals surface area contributed by atoms with Gasteiger partial charge in [0.05, 0.1) is 31.0 Å². The van der Waals surface area contributed by atoms with Crippen molar-refractivity contribution < 1.29 is 23.2 Å². The van der Waals surface area contributed by atoms with Crippen LogP contribution < -0.4 is 0 Å². The van der Waals surface area contributed by atoms with Crippen LogP contribution in [0, 0.1) is 0 Å². The fourth-order valence-corrected chi connectivity index (χ4v) is 2.82. The Morgan fingerprint density at radius 2 is 2.17 bits per heavy atom. The van der Waals surface area contributed by atoms with Crippen molar-refractivity contribution in [3.63, 3.8) is 0 Å². The number of hydrogen-bond acceptors (Lipinski definition) is 6. The first-order valence-electron chi connectivity index (χ1n) is 5.48. The van der Waals surface area contributed by atoms with Gasteiger partial charge < -0.3 is 18.7 Å². The molecule has 0 aliphatic heterocycles. The lowest BCUT2D eigenvalue weighted by atomic mass is 10.4. The minimum atomic E-state index is -3.50.